The SMILES string of the molecule is O=C(CNC(=O)c1ccccc1O)N/N=C/c1ccco1. The smallest absolute Gasteiger partial charge is 0.259 e. The quantitative estimate of drug-likeness (QED) is 0.560. The van der Waals surface area contributed by atoms with Gasteiger partial charge in [0.15, 0.2) is 0 Å². The molecule has 0 fully saturated rings. The zero-order chi connectivity index (χ0) is 15.1. The topological polar surface area (TPSA) is 104 Å². The van der Waals surface area contributed by atoms with E-state index < -0.39 is 11.8 Å². The molecule has 21 heavy (non-hydrogen) atoms. The highest BCUT2D eigenvalue weighted by Crippen LogP contribution is 2.14. The number of phenols is 1. The van der Waals surface area contributed by atoms with Gasteiger partial charge in [0.1, 0.15) is 11.5 Å². The molecule has 2 amide bonds. The number of carbonyl (C=O) groups excluding carboxylic acids is 2. The summed E-state index contributed by atoms with van der Waals surface area (Å²) in [5, 5.41) is 15.5. The first-order chi connectivity index (χ1) is 10.2. The molecular formula is C14H13N3O4. The Hall–Kier alpha value is -3.09. The van der Waals surface area contributed by atoms with E-state index in [1.165, 1.54) is 24.6 Å². The Balaban J connectivity index is 1.79. The molecule has 1 aromatic carbocycles. The summed E-state index contributed by atoms with van der Waals surface area (Å²) < 4.78 is 4.99. The number of nitrogens with one attached hydrogen (secondary N) is 2. The van der Waals surface area contributed by atoms with Crippen molar-refractivity contribution in [2.45, 2.75) is 0 Å². The third-order valence-corrected chi connectivity index (χ3v) is 2.48. The molecule has 7 heteroatoms. The molecule has 0 aliphatic heterocycles. The normalized spacial score (nSPS) is 10.5. The lowest BCUT2D eigenvalue weighted by atomic mass is 10.2. The van der Waals surface area contributed by atoms with Gasteiger partial charge in [0, 0.05) is 0 Å². The minimum Gasteiger partial charge on any atom is -0.507 e. The highest BCUT2D eigenvalue weighted by atomic mass is 16.3. The minimum absolute atomic E-state index is 0.101. The highest BCUT2D eigenvalue weighted by Gasteiger charge is 2.10. The number of benzene rings is 1. The van der Waals surface area contributed by atoms with Crippen molar-refractivity contribution >= 4 is 18.0 Å². The molecule has 0 unspecified atom stereocenters. The van der Waals surface area contributed by atoms with Crippen LogP contribution in [0.15, 0.2) is 52.2 Å². The zero-order valence-electron chi connectivity index (χ0n) is 10.9. The van der Waals surface area contributed by atoms with Gasteiger partial charge in [0.05, 0.1) is 24.6 Å². The molecule has 0 bridgehead atoms. The third-order valence-electron chi connectivity index (χ3n) is 2.48. The molecule has 0 atom stereocenters. The first-order valence-electron chi connectivity index (χ1n) is 6.08. The van der Waals surface area contributed by atoms with E-state index in [-0.39, 0.29) is 17.9 Å². The number of hydrogen-bond donors (Lipinski definition) is 3. The van der Waals surface area contributed by atoms with Crippen molar-refractivity contribution < 1.29 is 19.1 Å². The van der Waals surface area contributed by atoms with Crippen LogP contribution in [-0.4, -0.2) is 29.7 Å². The molecule has 108 valence electrons. The predicted octanol–water partition coefficient (Wildman–Crippen LogP) is 0.865. The number of phenolic OH excluding ortho intramolecular Hbond substituents is 1. The van der Waals surface area contributed by atoms with Gasteiger partial charge in [-0.1, -0.05) is 12.1 Å². The van der Waals surface area contributed by atoms with Gasteiger partial charge in [0.25, 0.3) is 11.8 Å². The minimum atomic E-state index is -0.543. The van der Waals surface area contributed by atoms with Crippen LogP contribution in [0.25, 0.3) is 0 Å². The maximum atomic E-state index is 11.7. The molecule has 0 aliphatic rings. The second kappa shape index (κ2) is 6.90. The Kier molecular flexibility index (Phi) is 4.70. The van der Waals surface area contributed by atoms with Crippen molar-refractivity contribution in [1.82, 2.24) is 10.7 Å². The van der Waals surface area contributed by atoms with Crippen LogP contribution >= 0.6 is 0 Å². The molecule has 3 N–H and O–H groups in total. The first-order valence-corrected chi connectivity index (χ1v) is 6.08. The Morgan fingerprint density at radius 1 is 1.24 bits per heavy atom. The van der Waals surface area contributed by atoms with Gasteiger partial charge in [-0.05, 0) is 24.3 Å². The third kappa shape index (κ3) is 4.20. The summed E-state index contributed by atoms with van der Waals surface area (Å²) in [6.45, 7) is -0.261. The van der Waals surface area contributed by atoms with Gasteiger partial charge in [0.2, 0.25) is 0 Å². The summed E-state index contributed by atoms with van der Waals surface area (Å²) in [6.07, 6.45) is 2.82. The summed E-state index contributed by atoms with van der Waals surface area (Å²) in [4.78, 5) is 23.2. The van der Waals surface area contributed by atoms with Crippen LogP contribution in [0.2, 0.25) is 0 Å². The van der Waals surface area contributed by atoms with Crippen LogP contribution in [0.5, 0.6) is 5.75 Å². The lowest BCUT2D eigenvalue weighted by molar-refractivity contribution is -0.120. The van der Waals surface area contributed by atoms with E-state index in [4.69, 9.17) is 4.42 Å². The summed E-state index contributed by atoms with van der Waals surface area (Å²) in [5.74, 6) is -0.695. The first kappa shape index (κ1) is 14.3. The van der Waals surface area contributed by atoms with Gasteiger partial charge in [-0.25, -0.2) is 5.43 Å². The number of nitrogens with zero attached hydrogens (tertiary/aromatic N) is 1. The van der Waals surface area contributed by atoms with Crippen LogP contribution in [0, 0.1) is 0 Å². The molecule has 7 nitrogen and oxygen atoms in total. The zero-order valence-corrected chi connectivity index (χ0v) is 10.9. The summed E-state index contributed by atoms with van der Waals surface area (Å²) in [6, 6.07) is 9.43. The Labute approximate surface area is 120 Å². The highest BCUT2D eigenvalue weighted by molar-refractivity contribution is 5.98. The lowest BCUT2D eigenvalue weighted by Gasteiger charge is -2.05. The van der Waals surface area contributed by atoms with Crippen LogP contribution in [0.1, 0.15) is 16.1 Å². The van der Waals surface area contributed by atoms with Crippen molar-refractivity contribution in [3.8, 4) is 5.75 Å². The molecular weight excluding hydrogens is 274 g/mol. The van der Waals surface area contributed by atoms with Gasteiger partial charge in [-0.3, -0.25) is 9.59 Å². The van der Waals surface area contributed by atoms with E-state index in [0.717, 1.165) is 0 Å². The second-order valence-corrected chi connectivity index (χ2v) is 4.01. The molecule has 1 aromatic heterocycles. The average molecular weight is 287 g/mol. The molecule has 0 spiro atoms. The fraction of sp³-hybridized carbons (Fsp3) is 0.0714. The number of carbonyl (C=O) groups is 2. The largest absolute Gasteiger partial charge is 0.507 e. The standard InChI is InChI=1S/C14H13N3O4/c18-12-6-2-1-5-11(12)14(20)15-9-13(19)17-16-8-10-4-3-7-21-10/h1-8,18H,9H2,(H,15,20)(H,17,19)/b16-8+. The number of rotatable bonds is 5. The maximum Gasteiger partial charge on any atom is 0.259 e. The van der Waals surface area contributed by atoms with Crippen molar-refractivity contribution in [2.24, 2.45) is 5.10 Å². The molecule has 1 heterocycles. The van der Waals surface area contributed by atoms with E-state index in [1.807, 2.05) is 0 Å². The number of hydrogen-bond acceptors (Lipinski definition) is 5. The Morgan fingerprint density at radius 3 is 2.76 bits per heavy atom. The number of amides is 2. The van der Waals surface area contributed by atoms with E-state index in [2.05, 4.69) is 15.8 Å². The number of hydrazone groups is 1. The fourth-order valence-electron chi connectivity index (χ4n) is 1.49. The summed E-state index contributed by atoms with van der Waals surface area (Å²) in [5.41, 5.74) is 2.34. The van der Waals surface area contributed by atoms with E-state index >= 15 is 0 Å². The van der Waals surface area contributed by atoms with Gasteiger partial charge < -0.3 is 14.8 Å². The Morgan fingerprint density at radius 2 is 2.05 bits per heavy atom. The van der Waals surface area contributed by atoms with E-state index in [1.54, 1.807) is 24.3 Å². The van der Waals surface area contributed by atoms with Crippen molar-refractivity contribution in [2.75, 3.05) is 6.54 Å². The Bertz CT molecular complexity index is 650. The molecule has 2 aromatic rings. The molecule has 0 radical (unpaired) electrons. The lowest BCUT2D eigenvalue weighted by Crippen LogP contribution is -2.34. The second-order valence-electron chi connectivity index (χ2n) is 4.01. The van der Waals surface area contributed by atoms with Crippen LogP contribution in [0.4, 0.5) is 0 Å². The van der Waals surface area contributed by atoms with Gasteiger partial charge >= 0.3 is 0 Å². The number of furan rings is 1. The van der Waals surface area contributed by atoms with Crippen molar-refractivity contribution in [3.05, 3.63) is 54.0 Å². The monoisotopic (exact) mass is 287 g/mol. The van der Waals surface area contributed by atoms with Crippen LogP contribution in [0.3, 0.4) is 0 Å². The van der Waals surface area contributed by atoms with Crippen molar-refractivity contribution in [3.63, 3.8) is 0 Å². The number of para-hydroxylation sites is 1. The van der Waals surface area contributed by atoms with E-state index in [0.29, 0.717) is 5.76 Å². The molecule has 0 saturated heterocycles. The van der Waals surface area contributed by atoms with Gasteiger partial charge in [-0.2, -0.15) is 5.10 Å². The number of aromatic hydroxyl groups is 1. The summed E-state index contributed by atoms with van der Waals surface area (Å²) in [7, 11) is 0. The predicted molar refractivity (Wildman–Crippen MR) is 74.9 cm³/mol. The van der Waals surface area contributed by atoms with Crippen molar-refractivity contribution in [1.29, 1.82) is 0 Å². The molecule has 0 aliphatic carbocycles. The van der Waals surface area contributed by atoms with Crippen LogP contribution in [-0.2, 0) is 4.79 Å². The summed E-state index contributed by atoms with van der Waals surface area (Å²) >= 11 is 0. The maximum absolute atomic E-state index is 11.7. The average Bonchev–Trinajstić information content (AvgIpc) is 2.98. The van der Waals surface area contributed by atoms with E-state index in [9.17, 15) is 14.7 Å². The molecule has 0 saturated carbocycles. The molecule has 2 rings (SSSR count). The van der Waals surface area contributed by atoms with Gasteiger partial charge in [-0.15, -0.1) is 0 Å². The van der Waals surface area contributed by atoms with Crippen LogP contribution < -0.4 is 10.7 Å². The fourth-order valence-corrected chi connectivity index (χ4v) is 1.49.